The monoisotopic (exact) mass is 462 g/mol. The minimum atomic E-state index is -2.87. The molecule has 1 amide bonds. The molecule has 1 unspecified atom stereocenters. The number of hydrogen-bond donors (Lipinski definition) is 1. The molecule has 1 fully saturated rings. The zero-order valence-corrected chi connectivity index (χ0v) is 18.6. The van der Waals surface area contributed by atoms with E-state index in [0.29, 0.717) is 26.3 Å². The van der Waals surface area contributed by atoms with E-state index >= 15 is 0 Å². The van der Waals surface area contributed by atoms with Crippen molar-refractivity contribution in [1.29, 1.82) is 0 Å². The Hall–Kier alpha value is -2.75. The number of nitrogens with zero attached hydrogens (tertiary/aromatic N) is 1. The van der Waals surface area contributed by atoms with Crippen LogP contribution in [-0.2, 0) is 4.74 Å². The van der Waals surface area contributed by atoms with Gasteiger partial charge in [-0.15, -0.1) is 11.3 Å². The predicted molar refractivity (Wildman–Crippen MR) is 118 cm³/mol. The van der Waals surface area contributed by atoms with Crippen molar-refractivity contribution < 1.29 is 27.5 Å². The van der Waals surface area contributed by atoms with Crippen LogP contribution in [0.5, 0.6) is 5.75 Å². The molecular formula is C23H24F2N2O4S. The van der Waals surface area contributed by atoms with E-state index < -0.39 is 6.61 Å². The summed E-state index contributed by atoms with van der Waals surface area (Å²) in [5, 5.41) is 3.75. The average Bonchev–Trinajstić information content (AvgIpc) is 3.40. The summed E-state index contributed by atoms with van der Waals surface area (Å²) in [5.74, 6) is 0.0176. The second-order valence-electron chi connectivity index (χ2n) is 7.46. The third kappa shape index (κ3) is 4.85. The Morgan fingerprint density at radius 1 is 1.16 bits per heavy atom. The highest BCUT2D eigenvalue weighted by Gasteiger charge is 2.30. The molecule has 2 aromatic heterocycles. The zero-order chi connectivity index (χ0) is 22.7. The van der Waals surface area contributed by atoms with Crippen molar-refractivity contribution in [2.45, 2.75) is 26.5 Å². The number of morpholine rings is 1. The molecule has 0 aliphatic carbocycles. The number of aryl methyl sites for hydroxylation is 1. The summed E-state index contributed by atoms with van der Waals surface area (Å²) >= 11 is 1.51. The van der Waals surface area contributed by atoms with Gasteiger partial charge in [-0.3, -0.25) is 9.69 Å². The van der Waals surface area contributed by atoms with Crippen LogP contribution in [0.4, 0.5) is 13.8 Å². The number of nitrogens with one attached hydrogen (secondary N) is 1. The molecule has 1 atom stereocenters. The lowest BCUT2D eigenvalue weighted by Gasteiger charge is -2.35. The minimum absolute atomic E-state index is 0.106. The van der Waals surface area contributed by atoms with Crippen LogP contribution in [0.1, 0.15) is 38.2 Å². The van der Waals surface area contributed by atoms with E-state index in [4.69, 9.17) is 9.15 Å². The Morgan fingerprint density at radius 2 is 1.88 bits per heavy atom. The number of benzene rings is 1. The van der Waals surface area contributed by atoms with Gasteiger partial charge in [0.25, 0.3) is 5.91 Å². The Balaban J connectivity index is 1.73. The van der Waals surface area contributed by atoms with Crippen LogP contribution in [-0.4, -0.2) is 43.7 Å². The van der Waals surface area contributed by atoms with Crippen LogP contribution in [0.3, 0.4) is 0 Å². The fourth-order valence-electron chi connectivity index (χ4n) is 3.87. The first-order valence-electron chi connectivity index (χ1n) is 10.3. The fraction of sp³-hybridized carbons (Fsp3) is 0.348. The first-order valence-corrected chi connectivity index (χ1v) is 11.1. The van der Waals surface area contributed by atoms with Gasteiger partial charge in [-0.2, -0.15) is 8.78 Å². The van der Waals surface area contributed by atoms with Crippen molar-refractivity contribution in [2.24, 2.45) is 0 Å². The molecular weight excluding hydrogens is 438 g/mol. The zero-order valence-electron chi connectivity index (χ0n) is 17.8. The second-order valence-corrected chi connectivity index (χ2v) is 8.68. The predicted octanol–water partition coefficient (Wildman–Crippen LogP) is 5.23. The topological polar surface area (TPSA) is 63.9 Å². The van der Waals surface area contributed by atoms with E-state index in [2.05, 4.69) is 15.0 Å². The molecule has 0 radical (unpaired) electrons. The molecule has 0 saturated carbocycles. The first kappa shape index (κ1) is 22.4. The standard InChI is InChI=1S/C23H24F2N2O4S/c1-14-15(2)32-22(26-21(28)18-4-3-11-30-18)19(14)20(27-9-12-29-13-10-27)16-5-7-17(8-6-16)31-23(24)25/h3-8,11,20,23H,9-10,12-13H2,1-2H3,(H,26,28). The van der Waals surface area contributed by atoms with E-state index in [0.717, 1.165) is 26.6 Å². The van der Waals surface area contributed by atoms with E-state index in [-0.39, 0.29) is 23.5 Å². The maximum absolute atomic E-state index is 12.7. The number of alkyl halides is 2. The van der Waals surface area contributed by atoms with Gasteiger partial charge in [0.05, 0.1) is 25.5 Å². The van der Waals surface area contributed by atoms with Crippen molar-refractivity contribution in [1.82, 2.24) is 4.90 Å². The molecule has 0 spiro atoms. The SMILES string of the molecule is Cc1sc(NC(=O)c2ccco2)c(C(c2ccc(OC(F)F)cc2)N2CCOCC2)c1C. The van der Waals surface area contributed by atoms with Gasteiger partial charge in [0.15, 0.2) is 5.76 Å². The Labute approximate surface area is 188 Å². The molecule has 1 aromatic carbocycles. The molecule has 32 heavy (non-hydrogen) atoms. The van der Waals surface area contributed by atoms with Crippen molar-refractivity contribution in [3.05, 3.63) is 70.0 Å². The number of halogens is 2. The summed E-state index contributed by atoms with van der Waals surface area (Å²) < 4.78 is 40.5. The maximum atomic E-state index is 12.7. The number of carbonyl (C=O) groups excluding carboxylic acids is 1. The smallest absolute Gasteiger partial charge is 0.387 e. The van der Waals surface area contributed by atoms with Gasteiger partial charge in [0.2, 0.25) is 0 Å². The molecule has 1 aliphatic rings. The average molecular weight is 463 g/mol. The van der Waals surface area contributed by atoms with Crippen molar-refractivity contribution in [2.75, 3.05) is 31.6 Å². The Bertz CT molecular complexity index is 1040. The van der Waals surface area contributed by atoms with E-state index in [9.17, 15) is 13.6 Å². The van der Waals surface area contributed by atoms with Crippen LogP contribution in [0.2, 0.25) is 0 Å². The number of carbonyl (C=O) groups is 1. The number of ether oxygens (including phenoxy) is 2. The Kier molecular flexibility index (Phi) is 6.88. The molecule has 4 rings (SSSR count). The lowest BCUT2D eigenvalue weighted by atomic mass is 9.94. The minimum Gasteiger partial charge on any atom is -0.459 e. The van der Waals surface area contributed by atoms with Crippen molar-refractivity contribution in [3.8, 4) is 5.75 Å². The molecule has 1 N–H and O–H groups in total. The number of thiophene rings is 1. The van der Waals surface area contributed by atoms with Gasteiger partial charge >= 0.3 is 6.61 Å². The van der Waals surface area contributed by atoms with E-state index in [1.165, 1.54) is 17.6 Å². The van der Waals surface area contributed by atoms with Gasteiger partial charge in [0.1, 0.15) is 10.8 Å². The van der Waals surface area contributed by atoms with E-state index in [1.54, 1.807) is 36.4 Å². The number of hydrogen-bond acceptors (Lipinski definition) is 6. The third-order valence-electron chi connectivity index (χ3n) is 5.51. The van der Waals surface area contributed by atoms with Crippen LogP contribution in [0.25, 0.3) is 0 Å². The lowest BCUT2D eigenvalue weighted by Crippen LogP contribution is -2.39. The normalized spacial score (nSPS) is 15.7. The first-order chi connectivity index (χ1) is 15.4. The van der Waals surface area contributed by atoms with Crippen LogP contribution < -0.4 is 10.1 Å². The summed E-state index contributed by atoms with van der Waals surface area (Å²) in [4.78, 5) is 16.1. The maximum Gasteiger partial charge on any atom is 0.387 e. The summed E-state index contributed by atoms with van der Waals surface area (Å²) in [6.07, 6.45) is 1.46. The van der Waals surface area contributed by atoms with Gasteiger partial charge in [-0.1, -0.05) is 12.1 Å². The van der Waals surface area contributed by atoms with Gasteiger partial charge < -0.3 is 19.2 Å². The number of amides is 1. The van der Waals surface area contributed by atoms with Gasteiger partial charge in [0, 0.05) is 23.5 Å². The Morgan fingerprint density at radius 3 is 2.50 bits per heavy atom. The highest BCUT2D eigenvalue weighted by atomic mass is 32.1. The summed E-state index contributed by atoms with van der Waals surface area (Å²) in [5.41, 5.74) is 2.98. The molecule has 1 saturated heterocycles. The highest BCUT2D eigenvalue weighted by Crippen LogP contribution is 2.43. The van der Waals surface area contributed by atoms with Crippen molar-refractivity contribution in [3.63, 3.8) is 0 Å². The molecule has 170 valence electrons. The van der Waals surface area contributed by atoms with E-state index in [1.807, 2.05) is 13.8 Å². The molecule has 6 nitrogen and oxygen atoms in total. The van der Waals surface area contributed by atoms with Crippen LogP contribution >= 0.6 is 11.3 Å². The third-order valence-corrected chi connectivity index (χ3v) is 6.65. The summed E-state index contributed by atoms with van der Waals surface area (Å²) in [6, 6.07) is 9.78. The van der Waals surface area contributed by atoms with Gasteiger partial charge in [-0.05, 0) is 49.2 Å². The van der Waals surface area contributed by atoms with Gasteiger partial charge in [-0.25, -0.2) is 0 Å². The number of furan rings is 1. The number of anilines is 1. The van der Waals surface area contributed by atoms with Crippen molar-refractivity contribution >= 4 is 22.2 Å². The molecule has 1 aliphatic heterocycles. The van der Waals surface area contributed by atoms with Crippen LogP contribution in [0.15, 0.2) is 47.1 Å². The van der Waals surface area contributed by atoms with Crippen LogP contribution in [0, 0.1) is 13.8 Å². The molecule has 3 heterocycles. The molecule has 9 heteroatoms. The summed E-state index contributed by atoms with van der Waals surface area (Å²) in [7, 11) is 0. The highest BCUT2D eigenvalue weighted by molar-refractivity contribution is 7.16. The quantitative estimate of drug-likeness (QED) is 0.521. The fourth-order valence-corrected chi connectivity index (χ4v) is 4.95. The largest absolute Gasteiger partial charge is 0.459 e. The summed E-state index contributed by atoms with van der Waals surface area (Å²) in [6.45, 7) is 3.78. The lowest BCUT2D eigenvalue weighted by molar-refractivity contribution is -0.0498. The number of rotatable bonds is 7. The molecule has 3 aromatic rings. The molecule has 0 bridgehead atoms. The second kappa shape index (κ2) is 9.81.